The first-order chi connectivity index (χ1) is 17.4. The van der Waals surface area contributed by atoms with Crippen molar-refractivity contribution in [2.45, 2.75) is 75.5 Å². The first-order valence-electron chi connectivity index (χ1n) is 12.1. The Morgan fingerprint density at radius 1 is 1.08 bits per heavy atom. The van der Waals surface area contributed by atoms with Crippen molar-refractivity contribution in [2.75, 3.05) is 0 Å². The van der Waals surface area contributed by atoms with Gasteiger partial charge in [-0.3, -0.25) is 9.59 Å². The number of carbonyl (C=O) groups excluding carboxylic acids is 2. The highest BCUT2D eigenvalue weighted by Gasteiger charge is 2.49. The first-order valence-corrected chi connectivity index (χ1v) is 12.1. The molecule has 198 valence electrons. The maximum absolute atomic E-state index is 13.4. The van der Waals surface area contributed by atoms with Crippen molar-refractivity contribution in [3.8, 4) is 17.2 Å². The number of hydrogen-bond donors (Lipinski definition) is 7. The van der Waals surface area contributed by atoms with E-state index in [4.69, 9.17) is 15.2 Å². The van der Waals surface area contributed by atoms with E-state index in [0.717, 1.165) is 12.1 Å². The summed E-state index contributed by atoms with van der Waals surface area (Å²) in [5.41, 5.74) is 2.66. The van der Waals surface area contributed by atoms with Crippen LogP contribution in [0.25, 0.3) is 0 Å². The number of benzene rings is 2. The van der Waals surface area contributed by atoms with Gasteiger partial charge in [-0.1, -0.05) is 6.92 Å². The van der Waals surface area contributed by atoms with Crippen molar-refractivity contribution in [1.29, 1.82) is 0 Å². The fourth-order valence-electron chi connectivity index (χ4n) is 5.59. The van der Waals surface area contributed by atoms with Crippen LogP contribution >= 0.6 is 0 Å². The van der Waals surface area contributed by atoms with Crippen molar-refractivity contribution < 1.29 is 49.7 Å². The number of ketones is 2. The van der Waals surface area contributed by atoms with E-state index in [0.29, 0.717) is 0 Å². The van der Waals surface area contributed by atoms with E-state index in [9.17, 15) is 40.2 Å². The number of fused-ring (bicyclic) bond motifs is 3. The zero-order chi connectivity index (χ0) is 27.0. The molecule has 8 N–H and O–H groups in total. The quantitative estimate of drug-likeness (QED) is 0.246. The van der Waals surface area contributed by atoms with Gasteiger partial charge in [-0.25, -0.2) is 0 Å². The Kier molecular flexibility index (Phi) is 6.06. The molecule has 2 aliphatic carbocycles. The Labute approximate surface area is 211 Å². The lowest BCUT2D eigenvalue weighted by Crippen LogP contribution is -2.52. The van der Waals surface area contributed by atoms with Crippen LogP contribution in [0.1, 0.15) is 88.3 Å². The molecule has 0 aromatic heterocycles. The number of ether oxygens (including phenoxy) is 2. The standard InChI is InChI=1S/C26H29NO10/c1-3-26(35)8-15(37-16-7-12(27)21(30)9(2)36-16)10-6-11-17(23(32)18(10)25(26)34)24(33)20-14(29)5-4-13(28)19(20)22(11)31/h4-6,9,12,15-16,21,25,28-30,32,34-35H,3,7-8,27H2,1-2H3/t9-,12-,15-,16-,21+,25+,26+/m0/s1. The van der Waals surface area contributed by atoms with Gasteiger partial charge in [0.2, 0.25) is 5.78 Å². The number of phenols is 3. The zero-order valence-electron chi connectivity index (χ0n) is 20.2. The predicted molar refractivity (Wildman–Crippen MR) is 126 cm³/mol. The van der Waals surface area contributed by atoms with Crippen molar-refractivity contribution in [3.05, 3.63) is 51.6 Å². The van der Waals surface area contributed by atoms with E-state index in [1.54, 1.807) is 13.8 Å². The van der Waals surface area contributed by atoms with Crippen LogP contribution in [0.5, 0.6) is 17.2 Å². The van der Waals surface area contributed by atoms with Gasteiger partial charge in [0.25, 0.3) is 0 Å². The van der Waals surface area contributed by atoms with Gasteiger partial charge in [0.15, 0.2) is 12.1 Å². The van der Waals surface area contributed by atoms with Gasteiger partial charge in [0.05, 0.1) is 40.6 Å². The largest absolute Gasteiger partial charge is 0.507 e. The molecule has 1 heterocycles. The fourth-order valence-corrected chi connectivity index (χ4v) is 5.59. The topological polar surface area (TPSA) is 200 Å². The summed E-state index contributed by atoms with van der Waals surface area (Å²) in [4.78, 5) is 26.7. The van der Waals surface area contributed by atoms with Crippen LogP contribution in [0, 0.1) is 0 Å². The molecule has 37 heavy (non-hydrogen) atoms. The molecule has 0 amide bonds. The Morgan fingerprint density at radius 3 is 2.30 bits per heavy atom. The molecule has 1 aliphatic heterocycles. The minimum Gasteiger partial charge on any atom is -0.507 e. The number of carbonyl (C=O) groups is 2. The number of hydrogen-bond acceptors (Lipinski definition) is 11. The van der Waals surface area contributed by atoms with E-state index in [2.05, 4.69) is 0 Å². The van der Waals surface area contributed by atoms with Crippen LogP contribution < -0.4 is 5.73 Å². The lowest BCUT2D eigenvalue weighted by molar-refractivity contribution is -0.252. The highest BCUT2D eigenvalue weighted by Crippen LogP contribution is 2.53. The van der Waals surface area contributed by atoms with Crippen LogP contribution in [0.15, 0.2) is 18.2 Å². The predicted octanol–water partition coefficient (Wildman–Crippen LogP) is 1.04. The molecule has 7 atom stereocenters. The number of phenolic OH excluding ortho intramolecular Hbond substituents is 3. The van der Waals surface area contributed by atoms with Gasteiger partial charge >= 0.3 is 0 Å². The zero-order valence-corrected chi connectivity index (χ0v) is 20.2. The average molecular weight is 516 g/mol. The van der Waals surface area contributed by atoms with Crippen molar-refractivity contribution in [3.63, 3.8) is 0 Å². The third-order valence-electron chi connectivity index (χ3n) is 7.81. The van der Waals surface area contributed by atoms with E-state index >= 15 is 0 Å². The lowest BCUT2D eigenvalue weighted by atomic mass is 9.71. The van der Waals surface area contributed by atoms with E-state index in [-0.39, 0.29) is 36.0 Å². The molecule has 0 bridgehead atoms. The highest BCUT2D eigenvalue weighted by atomic mass is 16.7. The Hall–Kier alpha value is -3.06. The van der Waals surface area contributed by atoms with Crippen LogP contribution in [0.3, 0.4) is 0 Å². The molecular formula is C26H29NO10. The first kappa shape index (κ1) is 25.6. The highest BCUT2D eigenvalue weighted by molar-refractivity contribution is 6.31. The molecule has 5 rings (SSSR count). The average Bonchev–Trinajstić information content (AvgIpc) is 2.85. The molecule has 2 aromatic rings. The number of nitrogens with two attached hydrogens (primary N) is 1. The van der Waals surface area contributed by atoms with Crippen LogP contribution in [-0.4, -0.2) is 72.3 Å². The van der Waals surface area contributed by atoms with Gasteiger partial charge in [-0.05, 0) is 37.1 Å². The fraction of sp³-hybridized carbons (Fsp3) is 0.462. The van der Waals surface area contributed by atoms with Crippen LogP contribution in [0.2, 0.25) is 0 Å². The smallest absolute Gasteiger partial charge is 0.202 e. The van der Waals surface area contributed by atoms with E-state index < -0.39 is 87.9 Å². The number of rotatable bonds is 3. The summed E-state index contributed by atoms with van der Waals surface area (Å²) < 4.78 is 11.9. The van der Waals surface area contributed by atoms with Crippen molar-refractivity contribution in [1.82, 2.24) is 0 Å². The molecule has 2 aromatic carbocycles. The van der Waals surface area contributed by atoms with Gasteiger partial charge in [-0.15, -0.1) is 0 Å². The Bertz CT molecular complexity index is 1300. The maximum atomic E-state index is 13.4. The summed E-state index contributed by atoms with van der Waals surface area (Å²) in [6, 6.07) is 2.79. The molecule has 0 spiro atoms. The molecule has 1 fully saturated rings. The lowest BCUT2D eigenvalue weighted by Gasteiger charge is -2.44. The minimum atomic E-state index is -1.76. The van der Waals surface area contributed by atoms with E-state index in [1.165, 1.54) is 6.07 Å². The maximum Gasteiger partial charge on any atom is 0.202 e. The second-order valence-electron chi connectivity index (χ2n) is 10.0. The summed E-state index contributed by atoms with van der Waals surface area (Å²) in [7, 11) is 0. The van der Waals surface area contributed by atoms with Crippen molar-refractivity contribution in [2.24, 2.45) is 5.73 Å². The summed E-state index contributed by atoms with van der Waals surface area (Å²) in [6.45, 7) is 3.27. The number of aliphatic hydroxyl groups excluding tert-OH is 2. The van der Waals surface area contributed by atoms with Gasteiger partial charge < -0.3 is 45.8 Å². The van der Waals surface area contributed by atoms with E-state index in [1.807, 2.05) is 0 Å². The van der Waals surface area contributed by atoms with Gasteiger partial charge in [0, 0.05) is 30.0 Å². The van der Waals surface area contributed by atoms with Crippen LogP contribution in [0.4, 0.5) is 0 Å². The number of aromatic hydroxyl groups is 3. The van der Waals surface area contributed by atoms with Gasteiger partial charge in [0.1, 0.15) is 23.4 Å². The molecular weight excluding hydrogens is 486 g/mol. The minimum absolute atomic E-state index is 0.0640. The van der Waals surface area contributed by atoms with Gasteiger partial charge in [-0.2, -0.15) is 0 Å². The summed E-state index contributed by atoms with van der Waals surface area (Å²) in [5.74, 6) is -3.52. The summed E-state index contributed by atoms with van der Waals surface area (Å²) >= 11 is 0. The Morgan fingerprint density at radius 2 is 1.70 bits per heavy atom. The molecule has 0 saturated carbocycles. The molecule has 11 nitrogen and oxygen atoms in total. The third kappa shape index (κ3) is 3.73. The molecule has 0 radical (unpaired) electrons. The molecule has 11 heteroatoms. The van der Waals surface area contributed by atoms with Crippen LogP contribution in [-0.2, 0) is 9.47 Å². The monoisotopic (exact) mass is 515 g/mol. The molecule has 1 saturated heterocycles. The summed E-state index contributed by atoms with van der Waals surface area (Å²) in [5, 5.41) is 64.3. The van der Waals surface area contributed by atoms with Crippen molar-refractivity contribution >= 4 is 11.6 Å². The number of aliphatic hydroxyl groups is 3. The second-order valence-corrected chi connectivity index (χ2v) is 10.0. The third-order valence-corrected chi connectivity index (χ3v) is 7.81. The molecule has 0 unspecified atom stereocenters. The normalized spacial score (nSPS) is 33.0. The second kappa shape index (κ2) is 8.76. The SMILES string of the molecule is CC[C@@]1(O)C[C@H](O[C@H]2C[C@H](N)[C@H](O)[C@H](C)O2)c2cc3c(c(O)c2[C@H]1O)C(=O)c1c(O)ccc(O)c1C3=O. The summed E-state index contributed by atoms with van der Waals surface area (Å²) in [6.07, 6.45) is -5.02. The Balaban J connectivity index is 1.66. The molecule has 3 aliphatic rings.